The molecule has 5 nitrogen and oxygen atoms in total. The predicted molar refractivity (Wildman–Crippen MR) is 121 cm³/mol. The van der Waals surface area contributed by atoms with Crippen molar-refractivity contribution in [2.24, 2.45) is 12.0 Å². The van der Waals surface area contributed by atoms with Gasteiger partial charge in [-0.05, 0) is 37.8 Å². The van der Waals surface area contributed by atoms with Crippen LogP contribution in [0.2, 0.25) is 0 Å². The second kappa shape index (κ2) is 11.9. The highest BCUT2D eigenvalue weighted by Gasteiger charge is 2.05. The molecule has 1 heterocycles. The summed E-state index contributed by atoms with van der Waals surface area (Å²) >= 11 is 0. The molecule has 1 aromatic carbocycles. The fraction of sp³-hybridized carbons (Fsp3) is 0.500. The van der Waals surface area contributed by atoms with Crippen molar-refractivity contribution in [2.45, 2.75) is 39.5 Å². The standard InChI is InChI=1S/C20H31N5.HI/c1-5-21-20(22-12-6-7-18-14-24-25(4)15-18)23-13-17(3)19-10-8-16(2)9-11-19;/h8-11,14-15,17H,5-7,12-13H2,1-4H3,(H2,21,22,23);1H. The minimum Gasteiger partial charge on any atom is -0.357 e. The number of nitrogens with one attached hydrogen (secondary N) is 2. The molecule has 26 heavy (non-hydrogen) atoms. The molecule has 1 aromatic heterocycles. The zero-order chi connectivity index (χ0) is 18.1. The maximum atomic E-state index is 4.74. The Morgan fingerprint density at radius 3 is 2.58 bits per heavy atom. The monoisotopic (exact) mass is 469 g/mol. The molecule has 0 saturated carbocycles. The molecular weight excluding hydrogens is 437 g/mol. The van der Waals surface area contributed by atoms with Crippen molar-refractivity contribution in [3.8, 4) is 0 Å². The Balaban J connectivity index is 0.00000338. The van der Waals surface area contributed by atoms with Crippen molar-refractivity contribution in [3.63, 3.8) is 0 Å². The van der Waals surface area contributed by atoms with E-state index in [0.29, 0.717) is 5.92 Å². The van der Waals surface area contributed by atoms with Gasteiger partial charge in [-0.2, -0.15) is 5.10 Å². The summed E-state index contributed by atoms with van der Waals surface area (Å²) < 4.78 is 1.85. The number of guanidine groups is 1. The molecule has 1 unspecified atom stereocenters. The average molecular weight is 469 g/mol. The summed E-state index contributed by atoms with van der Waals surface area (Å²) in [7, 11) is 1.95. The van der Waals surface area contributed by atoms with Gasteiger partial charge in [0.15, 0.2) is 5.96 Å². The van der Waals surface area contributed by atoms with Crippen molar-refractivity contribution in [1.82, 2.24) is 20.4 Å². The van der Waals surface area contributed by atoms with Gasteiger partial charge in [-0.25, -0.2) is 0 Å². The molecule has 0 aliphatic carbocycles. The van der Waals surface area contributed by atoms with Crippen LogP contribution in [0.5, 0.6) is 0 Å². The van der Waals surface area contributed by atoms with Gasteiger partial charge in [0.2, 0.25) is 0 Å². The Hall–Kier alpha value is -1.57. The number of halogens is 1. The number of benzene rings is 1. The van der Waals surface area contributed by atoms with Crippen LogP contribution in [0.15, 0.2) is 41.7 Å². The van der Waals surface area contributed by atoms with E-state index in [1.807, 2.05) is 17.9 Å². The van der Waals surface area contributed by atoms with Crippen molar-refractivity contribution < 1.29 is 0 Å². The number of hydrogen-bond acceptors (Lipinski definition) is 2. The van der Waals surface area contributed by atoms with E-state index in [9.17, 15) is 0 Å². The van der Waals surface area contributed by atoms with Crippen LogP contribution in [0.25, 0.3) is 0 Å². The third kappa shape index (κ3) is 7.76. The molecule has 0 radical (unpaired) electrons. The van der Waals surface area contributed by atoms with Crippen LogP contribution in [-0.4, -0.2) is 35.4 Å². The normalized spacial score (nSPS) is 12.4. The molecule has 2 aromatic rings. The second-order valence-electron chi connectivity index (χ2n) is 6.58. The summed E-state index contributed by atoms with van der Waals surface area (Å²) in [5.41, 5.74) is 3.91. The summed E-state index contributed by atoms with van der Waals surface area (Å²) in [5, 5.41) is 11.0. The highest BCUT2D eigenvalue weighted by atomic mass is 127. The molecule has 0 amide bonds. The maximum absolute atomic E-state index is 4.74. The molecule has 0 fully saturated rings. The van der Waals surface area contributed by atoms with E-state index >= 15 is 0 Å². The topological polar surface area (TPSA) is 54.2 Å². The Labute approximate surface area is 174 Å². The Morgan fingerprint density at radius 2 is 1.96 bits per heavy atom. The van der Waals surface area contributed by atoms with Crippen LogP contribution < -0.4 is 10.6 Å². The van der Waals surface area contributed by atoms with Crippen molar-refractivity contribution in [2.75, 3.05) is 19.6 Å². The van der Waals surface area contributed by atoms with Gasteiger partial charge in [0.1, 0.15) is 0 Å². The van der Waals surface area contributed by atoms with Gasteiger partial charge in [-0.1, -0.05) is 36.8 Å². The second-order valence-corrected chi connectivity index (χ2v) is 6.58. The fourth-order valence-corrected chi connectivity index (χ4v) is 2.67. The maximum Gasteiger partial charge on any atom is 0.191 e. The van der Waals surface area contributed by atoms with Crippen molar-refractivity contribution in [3.05, 3.63) is 53.3 Å². The third-order valence-corrected chi connectivity index (χ3v) is 4.21. The predicted octanol–water partition coefficient (Wildman–Crippen LogP) is 3.64. The lowest BCUT2D eigenvalue weighted by Crippen LogP contribution is -2.38. The quantitative estimate of drug-likeness (QED) is 0.269. The SMILES string of the molecule is CCNC(=NCC(C)c1ccc(C)cc1)NCCCc1cnn(C)c1.I. The van der Waals surface area contributed by atoms with Gasteiger partial charge in [-0.15, -0.1) is 24.0 Å². The molecule has 0 bridgehead atoms. The fourth-order valence-electron chi connectivity index (χ4n) is 2.67. The molecule has 2 rings (SSSR count). The van der Waals surface area contributed by atoms with Gasteiger partial charge >= 0.3 is 0 Å². The molecule has 0 saturated heterocycles. The van der Waals surface area contributed by atoms with E-state index in [0.717, 1.165) is 38.4 Å². The molecule has 2 N–H and O–H groups in total. The first-order valence-electron chi connectivity index (χ1n) is 9.14. The van der Waals surface area contributed by atoms with Gasteiger partial charge in [0.25, 0.3) is 0 Å². The van der Waals surface area contributed by atoms with E-state index in [2.05, 4.69) is 67.0 Å². The number of hydrogen-bond donors (Lipinski definition) is 2. The zero-order valence-corrected chi connectivity index (χ0v) is 18.7. The van der Waals surface area contributed by atoms with Crippen molar-refractivity contribution >= 4 is 29.9 Å². The lowest BCUT2D eigenvalue weighted by atomic mass is 10.0. The number of nitrogens with zero attached hydrogens (tertiary/aromatic N) is 3. The smallest absolute Gasteiger partial charge is 0.191 e. The summed E-state index contributed by atoms with van der Waals surface area (Å²) in [4.78, 5) is 4.74. The number of aryl methyl sites for hydroxylation is 3. The first kappa shape index (κ1) is 22.5. The minimum absolute atomic E-state index is 0. The van der Waals surface area contributed by atoms with Gasteiger partial charge < -0.3 is 10.6 Å². The number of rotatable bonds is 8. The van der Waals surface area contributed by atoms with Crippen LogP contribution in [0, 0.1) is 6.92 Å². The molecule has 1 atom stereocenters. The summed E-state index contributed by atoms with van der Waals surface area (Å²) in [6, 6.07) is 8.72. The average Bonchev–Trinajstić information content (AvgIpc) is 3.02. The van der Waals surface area contributed by atoms with E-state index in [-0.39, 0.29) is 24.0 Å². The third-order valence-electron chi connectivity index (χ3n) is 4.21. The van der Waals surface area contributed by atoms with Gasteiger partial charge in [0.05, 0.1) is 6.20 Å². The van der Waals surface area contributed by atoms with Crippen LogP contribution in [-0.2, 0) is 13.5 Å². The number of aromatic nitrogens is 2. The van der Waals surface area contributed by atoms with Gasteiger partial charge in [-0.3, -0.25) is 9.67 Å². The number of aliphatic imine (C=N–C) groups is 1. The van der Waals surface area contributed by atoms with Crippen molar-refractivity contribution in [1.29, 1.82) is 0 Å². The van der Waals surface area contributed by atoms with E-state index in [4.69, 9.17) is 4.99 Å². The Bertz CT molecular complexity index is 663. The Kier molecular flexibility index (Phi) is 10.3. The van der Waals surface area contributed by atoms with Crippen LogP contribution in [0.1, 0.15) is 42.9 Å². The first-order chi connectivity index (χ1) is 12.1. The minimum atomic E-state index is 0. The first-order valence-corrected chi connectivity index (χ1v) is 9.14. The lowest BCUT2D eigenvalue weighted by molar-refractivity contribution is 0.723. The zero-order valence-electron chi connectivity index (χ0n) is 16.3. The molecular formula is C20H32IN5. The summed E-state index contributed by atoms with van der Waals surface area (Å²) in [5.74, 6) is 1.30. The molecule has 0 aliphatic heterocycles. The molecule has 0 spiro atoms. The van der Waals surface area contributed by atoms with E-state index in [1.54, 1.807) is 0 Å². The van der Waals surface area contributed by atoms with Crippen LogP contribution in [0.3, 0.4) is 0 Å². The highest BCUT2D eigenvalue weighted by Crippen LogP contribution is 2.15. The Morgan fingerprint density at radius 1 is 1.23 bits per heavy atom. The molecule has 6 heteroatoms. The largest absolute Gasteiger partial charge is 0.357 e. The lowest BCUT2D eigenvalue weighted by Gasteiger charge is -2.14. The van der Waals surface area contributed by atoms with E-state index < -0.39 is 0 Å². The van der Waals surface area contributed by atoms with Crippen LogP contribution >= 0.6 is 24.0 Å². The molecule has 144 valence electrons. The van der Waals surface area contributed by atoms with Gasteiger partial charge in [0, 0.05) is 38.8 Å². The summed E-state index contributed by atoms with van der Waals surface area (Å²) in [6.45, 7) is 8.98. The molecule has 0 aliphatic rings. The highest BCUT2D eigenvalue weighted by molar-refractivity contribution is 14.0. The summed E-state index contributed by atoms with van der Waals surface area (Å²) in [6.07, 6.45) is 6.09. The van der Waals surface area contributed by atoms with E-state index in [1.165, 1.54) is 16.7 Å². The van der Waals surface area contributed by atoms with Crippen LogP contribution in [0.4, 0.5) is 0 Å².